The second-order valence-corrected chi connectivity index (χ2v) is 5.58. The maximum absolute atomic E-state index is 11.7. The van der Waals surface area contributed by atoms with E-state index in [1.165, 1.54) is 0 Å². The van der Waals surface area contributed by atoms with Gasteiger partial charge in [-0.05, 0) is 31.0 Å². The zero-order valence-electron chi connectivity index (χ0n) is 14.0. The molecule has 0 saturated carbocycles. The fourth-order valence-electron chi connectivity index (χ4n) is 1.93. The number of hydrogen-bond acceptors (Lipinski definition) is 4. The molecule has 0 spiro atoms. The van der Waals surface area contributed by atoms with E-state index in [-0.39, 0.29) is 12.3 Å². The minimum Gasteiger partial charge on any atom is -0.480 e. The number of carboxylic acid groups (broad SMARTS) is 1. The number of carbonyl (C=O) groups excluding carboxylic acids is 2. The van der Waals surface area contributed by atoms with Gasteiger partial charge in [-0.1, -0.05) is 32.1 Å². The van der Waals surface area contributed by atoms with Gasteiger partial charge < -0.3 is 15.2 Å². The van der Waals surface area contributed by atoms with Crippen molar-refractivity contribution in [3.05, 3.63) is 42.0 Å². The van der Waals surface area contributed by atoms with Gasteiger partial charge in [0, 0.05) is 18.4 Å². The Morgan fingerprint density at radius 1 is 1.25 bits per heavy atom. The first-order valence-corrected chi connectivity index (χ1v) is 7.82. The summed E-state index contributed by atoms with van der Waals surface area (Å²) >= 11 is 0. The lowest BCUT2D eigenvalue weighted by atomic mass is 10.1. The minimum atomic E-state index is -1.09. The van der Waals surface area contributed by atoms with E-state index < -0.39 is 18.0 Å². The van der Waals surface area contributed by atoms with Crippen molar-refractivity contribution in [2.45, 2.75) is 45.6 Å². The smallest absolute Gasteiger partial charge is 0.338 e. The van der Waals surface area contributed by atoms with Crippen LogP contribution in [0, 0.1) is 0 Å². The Labute approximate surface area is 141 Å². The van der Waals surface area contributed by atoms with E-state index >= 15 is 0 Å². The average Bonchev–Trinajstić information content (AvgIpc) is 2.53. The van der Waals surface area contributed by atoms with E-state index in [2.05, 4.69) is 11.9 Å². The lowest BCUT2D eigenvalue weighted by molar-refractivity contribution is -0.141. The van der Waals surface area contributed by atoms with Gasteiger partial charge in [0.15, 0.2) is 0 Å². The molecule has 1 aromatic carbocycles. The summed E-state index contributed by atoms with van der Waals surface area (Å²) in [5.41, 5.74) is 1.01. The van der Waals surface area contributed by atoms with E-state index in [1.54, 1.807) is 31.2 Å². The Bertz CT molecular complexity index is 606. The van der Waals surface area contributed by atoms with Crippen molar-refractivity contribution in [2.75, 3.05) is 0 Å². The first kappa shape index (κ1) is 19.4. The van der Waals surface area contributed by atoms with Crippen LogP contribution in [0.25, 0.3) is 0 Å². The van der Waals surface area contributed by atoms with Gasteiger partial charge in [0.25, 0.3) is 0 Å². The zero-order chi connectivity index (χ0) is 18.1. The first-order chi connectivity index (χ1) is 11.3. The number of esters is 1. The molecule has 1 atom stereocenters. The van der Waals surface area contributed by atoms with Crippen molar-refractivity contribution in [3.63, 3.8) is 0 Å². The van der Waals surface area contributed by atoms with Crippen LogP contribution < -0.4 is 10.1 Å². The predicted molar refractivity (Wildman–Crippen MR) is 89.7 cm³/mol. The lowest BCUT2D eigenvalue weighted by Gasteiger charge is -2.15. The minimum absolute atomic E-state index is 0.155. The maximum atomic E-state index is 11.7. The normalized spacial score (nSPS) is 11.4. The molecular formula is C18H23NO5. The number of amides is 1. The Morgan fingerprint density at radius 3 is 2.38 bits per heavy atom. The maximum Gasteiger partial charge on any atom is 0.338 e. The van der Waals surface area contributed by atoms with Crippen LogP contribution in [0.15, 0.2) is 36.4 Å². The van der Waals surface area contributed by atoms with Crippen molar-refractivity contribution in [1.29, 1.82) is 0 Å². The number of ether oxygens (including phenoxy) is 1. The second kappa shape index (κ2) is 9.50. The molecule has 1 aromatic rings. The number of unbranched alkanes of at least 4 members (excludes halogenated alkanes) is 1. The topological polar surface area (TPSA) is 92.7 Å². The summed E-state index contributed by atoms with van der Waals surface area (Å²) in [5.74, 6) is -1.52. The molecule has 6 heteroatoms. The van der Waals surface area contributed by atoms with Crippen molar-refractivity contribution in [3.8, 4) is 5.75 Å². The highest BCUT2D eigenvalue weighted by Crippen LogP contribution is 2.15. The molecule has 24 heavy (non-hydrogen) atoms. The van der Waals surface area contributed by atoms with Crippen LogP contribution in [0.2, 0.25) is 0 Å². The van der Waals surface area contributed by atoms with Crippen LogP contribution in [0.3, 0.4) is 0 Å². The lowest BCUT2D eigenvalue weighted by Crippen LogP contribution is -2.42. The monoisotopic (exact) mass is 333 g/mol. The number of benzene rings is 1. The molecule has 1 rings (SSSR count). The summed E-state index contributed by atoms with van der Waals surface area (Å²) < 4.78 is 5.07. The Morgan fingerprint density at radius 2 is 1.88 bits per heavy atom. The SMILES string of the molecule is C=C(C)C(=O)Oc1ccc(C[C@H](NC(=O)CCCC)C(=O)O)cc1. The molecule has 6 nitrogen and oxygen atoms in total. The molecule has 1 amide bonds. The van der Waals surface area contributed by atoms with Crippen LogP contribution >= 0.6 is 0 Å². The third-order valence-corrected chi connectivity index (χ3v) is 3.31. The van der Waals surface area contributed by atoms with E-state index in [0.717, 1.165) is 12.8 Å². The molecule has 0 aromatic heterocycles. The molecule has 0 saturated heterocycles. The standard InChI is InChI=1S/C18H23NO5/c1-4-5-6-16(20)19-15(17(21)22)11-13-7-9-14(10-8-13)24-18(23)12(2)3/h7-10,15H,2,4-6,11H2,1,3H3,(H,19,20)(H,21,22)/t15-/m0/s1. The summed E-state index contributed by atoms with van der Waals surface area (Å²) in [4.78, 5) is 34.4. The second-order valence-electron chi connectivity index (χ2n) is 5.58. The van der Waals surface area contributed by atoms with Crippen molar-refractivity contribution in [1.82, 2.24) is 5.32 Å². The summed E-state index contributed by atoms with van der Waals surface area (Å²) in [6.45, 7) is 7.01. The third kappa shape index (κ3) is 6.64. The largest absolute Gasteiger partial charge is 0.480 e. The quantitative estimate of drug-likeness (QED) is 0.411. The van der Waals surface area contributed by atoms with Crippen LogP contribution in [-0.2, 0) is 20.8 Å². The molecule has 0 aliphatic rings. The first-order valence-electron chi connectivity index (χ1n) is 7.82. The van der Waals surface area contributed by atoms with Gasteiger partial charge in [-0.3, -0.25) is 4.79 Å². The van der Waals surface area contributed by atoms with E-state index in [0.29, 0.717) is 23.3 Å². The van der Waals surface area contributed by atoms with Gasteiger partial charge in [-0.25, -0.2) is 9.59 Å². The van der Waals surface area contributed by atoms with Crippen LogP contribution in [0.5, 0.6) is 5.75 Å². The summed E-state index contributed by atoms with van der Waals surface area (Å²) in [6, 6.07) is 5.49. The fourth-order valence-corrected chi connectivity index (χ4v) is 1.93. The van der Waals surface area contributed by atoms with Gasteiger partial charge in [0.1, 0.15) is 11.8 Å². The van der Waals surface area contributed by atoms with E-state index in [4.69, 9.17) is 4.74 Å². The molecule has 0 unspecified atom stereocenters. The average molecular weight is 333 g/mol. The van der Waals surface area contributed by atoms with Gasteiger partial charge in [0.05, 0.1) is 0 Å². The van der Waals surface area contributed by atoms with E-state index in [9.17, 15) is 19.5 Å². The zero-order valence-corrected chi connectivity index (χ0v) is 14.0. The summed E-state index contributed by atoms with van der Waals surface area (Å²) in [7, 11) is 0. The van der Waals surface area contributed by atoms with Gasteiger partial charge >= 0.3 is 11.9 Å². The van der Waals surface area contributed by atoms with Crippen LogP contribution in [0.1, 0.15) is 38.7 Å². The number of nitrogens with one attached hydrogen (secondary N) is 1. The number of hydrogen-bond donors (Lipinski definition) is 2. The predicted octanol–water partition coefficient (Wildman–Crippen LogP) is 2.47. The number of rotatable bonds is 9. The van der Waals surface area contributed by atoms with Crippen LogP contribution in [0.4, 0.5) is 0 Å². The van der Waals surface area contributed by atoms with Gasteiger partial charge in [0.2, 0.25) is 5.91 Å². The highest BCUT2D eigenvalue weighted by atomic mass is 16.5. The molecular weight excluding hydrogens is 310 g/mol. The van der Waals surface area contributed by atoms with Crippen LogP contribution in [-0.4, -0.2) is 29.0 Å². The molecule has 0 radical (unpaired) electrons. The summed E-state index contributed by atoms with van der Waals surface area (Å²) in [5, 5.41) is 11.8. The Kier molecular flexibility index (Phi) is 7.68. The number of carboxylic acids is 1. The number of aliphatic carboxylic acids is 1. The molecule has 0 bridgehead atoms. The molecule has 2 N–H and O–H groups in total. The van der Waals surface area contributed by atoms with E-state index in [1.807, 2.05) is 6.92 Å². The van der Waals surface area contributed by atoms with Crippen molar-refractivity contribution < 1.29 is 24.2 Å². The fraction of sp³-hybridized carbons (Fsp3) is 0.389. The molecule has 0 fully saturated rings. The van der Waals surface area contributed by atoms with Crippen molar-refractivity contribution >= 4 is 17.8 Å². The number of carbonyl (C=O) groups is 3. The molecule has 0 heterocycles. The van der Waals surface area contributed by atoms with Gasteiger partial charge in [-0.15, -0.1) is 0 Å². The molecule has 0 aliphatic carbocycles. The Hall–Kier alpha value is -2.63. The van der Waals surface area contributed by atoms with Gasteiger partial charge in [-0.2, -0.15) is 0 Å². The third-order valence-electron chi connectivity index (χ3n) is 3.31. The highest BCUT2D eigenvalue weighted by Gasteiger charge is 2.20. The summed E-state index contributed by atoms with van der Waals surface area (Å²) in [6.07, 6.45) is 2.06. The highest BCUT2D eigenvalue weighted by molar-refractivity contribution is 5.88. The van der Waals surface area contributed by atoms with Crippen molar-refractivity contribution in [2.24, 2.45) is 0 Å². The molecule has 0 aliphatic heterocycles. The Balaban J connectivity index is 2.67. The molecule has 130 valence electrons.